The number of fused-ring (bicyclic) bond motifs is 3. The Morgan fingerprint density at radius 3 is 2.94 bits per heavy atom. The van der Waals surface area contributed by atoms with E-state index >= 15 is 0 Å². The number of benzene rings is 1. The summed E-state index contributed by atoms with van der Waals surface area (Å²) in [6, 6.07) is 4.35. The molecule has 0 spiro atoms. The molecule has 0 bridgehead atoms. The van der Waals surface area contributed by atoms with Gasteiger partial charge >= 0.3 is 16.5 Å². The summed E-state index contributed by atoms with van der Waals surface area (Å²) in [5, 5.41) is 3.91. The lowest BCUT2D eigenvalue weighted by Crippen LogP contribution is -2.07. The molecule has 1 aromatic heterocycles. The SMILES string of the molecule is C=Cc1c(/C=C\C)c2c3c(ccc2[n]1[AlH2])=C=3. The molecule has 0 fully saturated rings. The Labute approximate surface area is 102 Å². The summed E-state index contributed by atoms with van der Waals surface area (Å²) < 4.78 is 2.33. The summed E-state index contributed by atoms with van der Waals surface area (Å²) in [5.41, 5.74) is 7.18. The summed E-state index contributed by atoms with van der Waals surface area (Å²) in [6.07, 6.45) is 6.22. The first-order valence-corrected chi connectivity index (χ1v) is 6.35. The number of aromatic nitrogens is 1. The van der Waals surface area contributed by atoms with Crippen molar-refractivity contribution in [3.8, 4) is 0 Å². The second-order valence-electron chi connectivity index (χ2n) is 4.07. The lowest BCUT2D eigenvalue weighted by atomic mass is 10.1. The molecule has 2 heteroatoms. The zero-order valence-corrected chi connectivity index (χ0v) is 11.5. The number of rotatable bonds is 2. The molecule has 1 aromatic carbocycles. The van der Waals surface area contributed by atoms with Gasteiger partial charge in [-0.3, -0.25) is 0 Å². The fraction of sp³-hybridized carbons (Fsp3) is 0.0714. The molecular formula is C14H12AlN. The summed E-state index contributed by atoms with van der Waals surface area (Å²) in [5.74, 6) is 0. The standard InChI is InChI=1S/C14H10N.Al.2H/c1-3-5-10-12(4-2)15-13-7-6-9-8-11(9)14(10)13;;;/h3-7H,2H2,1H3;;;/q-1;+1;;/b5-3-;;;. The average molecular weight is 221 g/mol. The Morgan fingerprint density at radius 2 is 2.25 bits per heavy atom. The fourth-order valence-corrected chi connectivity index (χ4v) is 3.17. The van der Waals surface area contributed by atoms with Crippen molar-refractivity contribution in [2.75, 3.05) is 0 Å². The Morgan fingerprint density at radius 1 is 1.44 bits per heavy atom. The maximum Gasteiger partial charge on any atom is 0.370 e. The summed E-state index contributed by atoms with van der Waals surface area (Å²) in [6.45, 7) is 5.98. The molecule has 1 heterocycles. The quantitative estimate of drug-likeness (QED) is 0.563. The number of allylic oxidation sites excluding steroid dienone is 1. The minimum absolute atomic E-state index is 0.981. The molecule has 1 aliphatic carbocycles. The van der Waals surface area contributed by atoms with Crippen molar-refractivity contribution in [1.82, 2.24) is 3.55 Å². The van der Waals surface area contributed by atoms with Crippen molar-refractivity contribution in [3.63, 3.8) is 0 Å². The van der Waals surface area contributed by atoms with E-state index in [-0.39, 0.29) is 0 Å². The van der Waals surface area contributed by atoms with Gasteiger partial charge in [0.05, 0.1) is 0 Å². The van der Waals surface area contributed by atoms with Gasteiger partial charge in [-0.05, 0) is 25.1 Å². The van der Waals surface area contributed by atoms with E-state index in [1.54, 1.807) is 0 Å². The van der Waals surface area contributed by atoms with E-state index in [9.17, 15) is 0 Å². The number of nitrogens with zero attached hydrogens (tertiary/aromatic N) is 1. The number of hydrogen-bond donors (Lipinski definition) is 0. The van der Waals surface area contributed by atoms with Crippen LogP contribution in [0.2, 0.25) is 0 Å². The molecule has 0 N–H and O–H groups in total. The smallest absolute Gasteiger partial charge is 0.370 e. The van der Waals surface area contributed by atoms with Gasteiger partial charge in [-0.2, -0.15) is 0 Å². The molecule has 2 aromatic rings. The zero-order chi connectivity index (χ0) is 11.3. The maximum absolute atomic E-state index is 3.92. The van der Waals surface area contributed by atoms with Crippen LogP contribution in [0.3, 0.4) is 0 Å². The third kappa shape index (κ3) is 1.13. The lowest BCUT2D eigenvalue weighted by molar-refractivity contribution is 1.28. The predicted molar refractivity (Wildman–Crippen MR) is 72.4 cm³/mol. The van der Waals surface area contributed by atoms with Crippen LogP contribution in [-0.2, 0) is 0 Å². The van der Waals surface area contributed by atoms with Crippen LogP contribution in [0, 0.1) is 0 Å². The van der Waals surface area contributed by atoms with Gasteiger partial charge in [-0.25, -0.2) is 0 Å². The van der Waals surface area contributed by atoms with Crippen molar-refractivity contribution in [2.45, 2.75) is 6.92 Å². The Hall–Kier alpha value is -1.45. The lowest BCUT2D eigenvalue weighted by Gasteiger charge is -1.99. The van der Waals surface area contributed by atoms with Gasteiger partial charge in [-0.15, -0.1) is 5.73 Å². The van der Waals surface area contributed by atoms with Crippen molar-refractivity contribution < 1.29 is 0 Å². The van der Waals surface area contributed by atoms with Crippen molar-refractivity contribution in [3.05, 3.63) is 46.5 Å². The first-order valence-electron chi connectivity index (χ1n) is 5.45. The first-order chi connectivity index (χ1) is 7.77. The van der Waals surface area contributed by atoms with E-state index < -0.39 is 0 Å². The van der Waals surface area contributed by atoms with Crippen molar-refractivity contribution in [2.24, 2.45) is 0 Å². The van der Waals surface area contributed by atoms with Crippen molar-refractivity contribution in [1.29, 1.82) is 0 Å². The van der Waals surface area contributed by atoms with E-state index in [0.29, 0.717) is 0 Å². The molecule has 76 valence electrons. The first kappa shape index (κ1) is 9.76. The Balaban J connectivity index is 2.55. The van der Waals surface area contributed by atoms with E-state index in [2.05, 4.69) is 47.1 Å². The highest BCUT2D eigenvalue weighted by atomic mass is 27.1. The Kier molecular flexibility index (Phi) is 1.99. The van der Waals surface area contributed by atoms with Crippen LogP contribution in [0.15, 0.2) is 24.8 Å². The minimum atomic E-state index is 0.981. The van der Waals surface area contributed by atoms with Gasteiger partial charge in [0.15, 0.2) is 0 Å². The third-order valence-electron chi connectivity index (χ3n) is 3.18. The average Bonchev–Trinajstić information content (AvgIpc) is 3.01. The molecule has 16 heavy (non-hydrogen) atoms. The Bertz CT molecular complexity index is 771. The summed E-state index contributed by atoms with van der Waals surface area (Å²) >= 11 is 0.981. The molecule has 0 amide bonds. The van der Waals surface area contributed by atoms with Crippen LogP contribution in [0.5, 0.6) is 0 Å². The highest BCUT2D eigenvalue weighted by Gasteiger charge is 2.13. The molecule has 0 saturated carbocycles. The molecule has 1 aliphatic rings. The van der Waals surface area contributed by atoms with E-state index in [1.165, 1.54) is 32.6 Å². The zero-order valence-electron chi connectivity index (χ0n) is 9.54. The highest BCUT2D eigenvalue weighted by molar-refractivity contribution is 6.15. The molecule has 0 atom stereocenters. The third-order valence-corrected chi connectivity index (χ3v) is 4.14. The molecule has 3 rings (SSSR count). The molecule has 0 radical (unpaired) electrons. The van der Waals surface area contributed by atoms with Crippen LogP contribution in [-0.4, -0.2) is 20.1 Å². The van der Waals surface area contributed by atoms with Gasteiger partial charge in [-0.1, -0.05) is 18.7 Å². The monoisotopic (exact) mass is 221 g/mol. The second-order valence-corrected chi connectivity index (χ2v) is 4.96. The van der Waals surface area contributed by atoms with Crippen LogP contribution < -0.4 is 10.4 Å². The maximum atomic E-state index is 3.92. The predicted octanol–water partition coefficient (Wildman–Crippen LogP) is 0.778. The van der Waals surface area contributed by atoms with Gasteiger partial charge in [0.2, 0.25) is 0 Å². The molecular weight excluding hydrogens is 209 g/mol. The largest absolute Gasteiger partial charge is 0.440 e. The van der Waals surface area contributed by atoms with Crippen LogP contribution in [0.1, 0.15) is 18.2 Å². The van der Waals surface area contributed by atoms with Gasteiger partial charge in [0, 0.05) is 32.6 Å². The van der Waals surface area contributed by atoms with Crippen LogP contribution in [0.4, 0.5) is 0 Å². The molecule has 0 unspecified atom stereocenters. The van der Waals surface area contributed by atoms with E-state index in [4.69, 9.17) is 0 Å². The number of hydrogen-bond acceptors (Lipinski definition) is 0. The van der Waals surface area contributed by atoms with Crippen LogP contribution >= 0.6 is 0 Å². The molecule has 0 aliphatic heterocycles. The molecule has 1 nitrogen and oxygen atoms in total. The van der Waals surface area contributed by atoms with E-state index in [0.717, 1.165) is 16.5 Å². The van der Waals surface area contributed by atoms with Gasteiger partial charge in [0.1, 0.15) is 0 Å². The fourth-order valence-electron chi connectivity index (χ4n) is 2.37. The highest BCUT2D eigenvalue weighted by Crippen LogP contribution is 2.24. The summed E-state index contributed by atoms with van der Waals surface area (Å²) in [4.78, 5) is 0. The van der Waals surface area contributed by atoms with Gasteiger partial charge < -0.3 is 3.55 Å². The molecule has 0 saturated heterocycles. The summed E-state index contributed by atoms with van der Waals surface area (Å²) in [7, 11) is 0. The van der Waals surface area contributed by atoms with Gasteiger partial charge in [0.25, 0.3) is 0 Å². The second kappa shape index (κ2) is 3.27. The van der Waals surface area contributed by atoms with Crippen LogP contribution in [0.25, 0.3) is 28.8 Å². The van der Waals surface area contributed by atoms with E-state index in [1.807, 2.05) is 6.08 Å². The minimum Gasteiger partial charge on any atom is -0.440 e. The normalized spacial score (nSPS) is 12.3. The van der Waals surface area contributed by atoms with Crippen molar-refractivity contribution >= 4 is 45.3 Å². The topological polar surface area (TPSA) is 4.93 Å².